The van der Waals surface area contributed by atoms with E-state index in [4.69, 9.17) is 9.84 Å². The quantitative estimate of drug-likeness (QED) is 0.762. The molecule has 0 radical (unpaired) electrons. The van der Waals surface area contributed by atoms with Gasteiger partial charge in [0.05, 0.1) is 23.6 Å². The third kappa shape index (κ3) is 2.77. The number of aromatic nitrogens is 3. The third-order valence-corrected chi connectivity index (χ3v) is 5.70. The number of hydrogen-bond acceptors (Lipinski definition) is 3. The number of carbonyl (C=O) groups is 1. The van der Waals surface area contributed by atoms with Crippen LogP contribution < -0.4 is 0 Å². The van der Waals surface area contributed by atoms with Crippen molar-refractivity contribution in [3.63, 3.8) is 0 Å². The first-order valence-corrected chi connectivity index (χ1v) is 9.46. The van der Waals surface area contributed by atoms with Crippen LogP contribution in [0.3, 0.4) is 0 Å². The summed E-state index contributed by atoms with van der Waals surface area (Å²) in [4.78, 5) is 17.5. The number of amides is 1. The minimum absolute atomic E-state index is 0.0805. The van der Waals surface area contributed by atoms with E-state index in [1.54, 1.807) is 12.4 Å². The number of rotatable bonds is 2. The number of fused-ring (bicyclic) bond motifs is 2. The highest BCUT2D eigenvalue weighted by Crippen LogP contribution is 2.41. The summed E-state index contributed by atoms with van der Waals surface area (Å²) in [6, 6.07) is 12.0. The van der Waals surface area contributed by atoms with Crippen LogP contribution in [-0.2, 0) is 16.8 Å². The zero-order valence-electron chi connectivity index (χ0n) is 15.1. The summed E-state index contributed by atoms with van der Waals surface area (Å²) in [6.07, 6.45) is 8.11. The average molecular weight is 362 g/mol. The van der Waals surface area contributed by atoms with Gasteiger partial charge in [0.15, 0.2) is 0 Å². The predicted molar refractivity (Wildman–Crippen MR) is 101 cm³/mol. The van der Waals surface area contributed by atoms with Gasteiger partial charge in [-0.25, -0.2) is 4.68 Å². The molecule has 0 aliphatic carbocycles. The summed E-state index contributed by atoms with van der Waals surface area (Å²) in [5.74, 6) is 0.0805. The maximum Gasteiger partial charge on any atom is 0.255 e. The standard InChI is InChI=1S/C21H22N4O2/c26-20(16-6-10-22-14-16)24-11-8-21(9-12-24)19-17(7-13-27-21)15-25(23-19)18-4-2-1-3-5-18/h1-6,10,14-15,22H,7-9,11-13H2. The van der Waals surface area contributed by atoms with Gasteiger partial charge in [-0.1, -0.05) is 18.2 Å². The van der Waals surface area contributed by atoms with Crippen LogP contribution in [0.1, 0.15) is 34.5 Å². The van der Waals surface area contributed by atoms with Gasteiger partial charge in [0.1, 0.15) is 5.60 Å². The summed E-state index contributed by atoms with van der Waals surface area (Å²) in [7, 11) is 0. The number of ether oxygens (including phenoxy) is 1. The molecule has 2 aromatic heterocycles. The Morgan fingerprint density at radius 2 is 1.96 bits per heavy atom. The molecule has 27 heavy (non-hydrogen) atoms. The van der Waals surface area contributed by atoms with E-state index in [1.165, 1.54) is 5.56 Å². The number of hydrogen-bond donors (Lipinski definition) is 1. The zero-order valence-corrected chi connectivity index (χ0v) is 15.1. The minimum Gasteiger partial charge on any atom is -0.368 e. The second-order valence-corrected chi connectivity index (χ2v) is 7.27. The van der Waals surface area contributed by atoms with Crippen molar-refractivity contribution in [2.45, 2.75) is 24.9 Å². The van der Waals surface area contributed by atoms with Gasteiger partial charge < -0.3 is 14.6 Å². The van der Waals surface area contributed by atoms with E-state index in [0.717, 1.165) is 30.6 Å². The highest BCUT2D eigenvalue weighted by Gasteiger charge is 2.44. The lowest BCUT2D eigenvalue weighted by Gasteiger charge is -2.42. The van der Waals surface area contributed by atoms with Crippen molar-refractivity contribution in [3.8, 4) is 5.69 Å². The number of para-hydroxylation sites is 1. The van der Waals surface area contributed by atoms with Crippen molar-refractivity contribution in [2.24, 2.45) is 0 Å². The maximum atomic E-state index is 12.6. The van der Waals surface area contributed by atoms with Crippen molar-refractivity contribution in [1.29, 1.82) is 0 Å². The van der Waals surface area contributed by atoms with Gasteiger partial charge in [-0.3, -0.25) is 4.79 Å². The summed E-state index contributed by atoms with van der Waals surface area (Å²) in [5, 5.41) is 4.90. The molecule has 0 saturated carbocycles. The number of carbonyl (C=O) groups excluding carboxylic acids is 1. The van der Waals surface area contributed by atoms with E-state index in [0.29, 0.717) is 25.3 Å². The highest BCUT2D eigenvalue weighted by atomic mass is 16.5. The molecule has 6 nitrogen and oxygen atoms in total. The minimum atomic E-state index is -0.372. The number of nitrogens with one attached hydrogen (secondary N) is 1. The molecule has 4 heterocycles. The van der Waals surface area contributed by atoms with Crippen molar-refractivity contribution in [3.05, 3.63) is 71.8 Å². The molecule has 1 spiro atoms. The van der Waals surface area contributed by atoms with Crippen LogP contribution in [0.4, 0.5) is 0 Å². The third-order valence-electron chi connectivity index (χ3n) is 5.70. The Kier molecular flexibility index (Phi) is 3.86. The number of piperidine rings is 1. The molecule has 1 saturated heterocycles. The molecule has 1 N–H and O–H groups in total. The van der Waals surface area contributed by atoms with Crippen molar-refractivity contribution >= 4 is 5.91 Å². The fourth-order valence-electron chi connectivity index (χ4n) is 4.21. The average Bonchev–Trinajstić information content (AvgIpc) is 3.40. The maximum absolute atomic E-state index is 12.6. The van der Waals surface area contributed by atoms with Gasteiger partial charge in [0.25, 0.3) is 5.91 Å². The topological polar surface area (TPSA) is 63.1 Å². The van der Waals surface area contributed by atoms with E-state index in [1.807, 2.05) is 33.8 Å². The van der Waals surface area contributed by atoms with Crippen molar-refractivity contribution in [1.82, 2.24) is 19.7 Å². The van der Waals surface area contributed by atoms with Gasteiger partial charge in [0.2, 0.25) is 0 Å². The van der Waals surface area contributed by atoms with Crippen LogP contribution in [0.25, 0.3) is 5.69 Å². The first-order chi connectivity index (χ1) is 13.3. The lowest BCUT2D eigenvalue weighted by Crippen LogP contribution is -2.48. The molecule has 1 aromatic carbocycles. The van der Waals surface area contributed by atoms with Crippen molar-refractivity contribution in [2.75, 3.05) is 19.7 Å². The summed E-state index contributed by atoms with van der Waals surface area (Å²) in [6.45, 7) is 2.07. The number of nitrogens with zero attached hydrogens (tertiary/aromatic N) is 3. The Morgan fingerprint density at radius 1 is 1.15 bits per heavy atom. The molecule has 2 aliphatic rings. The Labute approximate surface area is 157 Å². The molecule has 0 atom stereocenters. The molecule has 1 amide bonds. The van der Waals surface area contributed by atoms with E-state index in [2.05, 4.69) is 23.3 Å². The second kappa shape index (κ2) is 6.39. The zero-order chi connectivity index (χ0) is 18.3. The van der Waals surface area contributed by atoms with E-state index < -0.39 is 0 Å². The number of H-pyrrole nitrogens is 1. The Hall–Kier alpha value is -2.86. The Bertz CT molecular complexity index is 938. The van der Waals surface area contributed by atoms with Gasteiger partial charge in [-0.15, -0.1) is 0 Å². The molecular formula is C21H22N4O2. The van der Waals surface area contributed by atoms with Gasteiger partial charge >= 0.3 is 0 Å². The van der Waals surface area contributed by atoms with Crippen LogP contribution in [0, 0.1) is 0 Å². The highest BCUT2D eigenvalue weighted by molar-refractivity contribution is 5.94. The summed E-state index contributed by atoms with van der Waals surface area (Å²) >= 11 is 0. The number of likely N-dealkylation sites (tertiary alicyclic amines) is 1. The fourth-order valence-corrected chi connectivity index (χ4v) is 4.21. The fraction of sp³-hybridized carbons (Fsp3) is 0.333. The van der Waals surface area contributed by atoms with Gasteiger partial charge in [-0.05, 0) is 43.0 Å². The Morgan fingerprint density at radius 3 is 2.70 bits per heavy atom. The first kappa shape index (κ1) is 16.3. The monoisotopic (exact) mass is 362 g/mol. The van der Waals surface area contributed by atoms with Crippen LogP contribution in [0.5, 0.6) is 0 Å². The molecule has 2 aliphatic heterocycles. The molecule has 3 aromatic rings. The molecule has 138 valence electrons. The smallest absolute Gasteiger partial charge is 0.255 e. The normalized spacial score (nSPS) is 18.4. The van der Waals surface area contributed by atoms with Crippen LogP contribution in [-0.4, -0.2) is 45.3 Å². The molecule has 0 unspecified atom stereocenters. The molecule has 0 bridgehead atoms. The van der Waals surface area contributed by atoms with E-state index >= 15 is 0 Å². The predicted octanol–water partition coefficient (Wildman–Crippen LogP) is 2.90. The molecular weight excluding hydrogens is 340 g/mol. The van der Waals surface area contributed by atoms with E-state index in [-0.39, 0.29) is 11.5 Å². The van der Waals surface area contributed by atoms with Crippen LogP contribution in [0.15, 0.2) is 55.0 Å². The summed E-state index contributed by atoms with van der Waals surface area (Å²) in [5.41, 5.74) is 3.70. The van der Waals surface area contributed by atoms with Crippen molar-refractivity contribution < 1.29 is 9.53 Å². The van der Waals surface area contributed by atoms with Gasteiger partial charge in [0, 0.05) is 31.7 Å². The number of benzene rings is 1. The van der Waals surface area contributed by atoms with Gasteiger partial charge in [-0.2, -0.15) is 5.10 Å². The van der Waals surface area contributed by atoms with Crippen LogP contribution in [0.2, 0.25) is 0 Å². The first-order valence-electron chi connectivity index (χ1n) is 9.46. The second-order valence-electron chi connectivity index (χ2n) is 7.27. The van der Waals surface area contributed by atoms with E-state index in [9.17, 15) is 4.79 Å². The lowest BCUT2D eigenvalue weighted by atomic mass is 9.83. The molecule has 1 fully saturated rings. The SMILES string of the molecule is O=C(c1cc[nH]c1)N1CCC2(CC1)OCCc1cn(-c3ccccc3)nc12. The largest absolute Gasteiger partial charge is 0.368 e. The molecule has 5 rings (SSSR count). The Balaban J connectivity index is 1.40. The van der Waals surface area contributed by atoms with Crippen LogP contribution >= 0.6 is 0 Å². The number of aromatic amines is 1. The summed E-state index contributed by atoms with van der Waals surface area (Å²) < 4.78 is 8.24. The lowest BCUT2D eigenvalue weighted by molar-refractivity contribution is -0.0963. The molecule has 6 heteroatoms.